The zero-order valence-corrected chi connectivity index (χ0v) is 25.2. The fourth-order valence-electron chi connectivity index (χ4n) is 8.34. The van der Waals surface area contributed by atoms with Crippen LogP contribution in [0.4, 0.5) is 0 Å². The largest absolute Gasteiger partial charge is 0.490 e. The average Bonchev–Trinajstić information content (AvgIpc) is 3.62. The SMILES string of the molecule is CC(C)(c1ccc(OCCOC(=O)C2CC34CC(C=CC23)C4)cc1)c1ccc(OCCOC(=O)C2CC3C=C[C@@H]2C3)cc1. The van der Waals surface area contributed by atoms with Crippen LogP contribution in [0.2, 0.25) is 0 Å². The van der Waals surface area contributed by atoms with E-state index in [9.17, 15) is 9.59 Å². The van der Waals surface area contributed by atoms with Crippen LogP contribution >= 0.6 is 0 Å². The van der Waals surface area contributed by atoms with E-state index in [0.29, 0.717) is 36.4 Å². The molecule has 0 aliphatic heterocycles. The molecule has 0 amide bonds. The molecule has 0 heterocycles. The number of fused-ring (bicyclic) bond motifs is 2. The molecule has 4 unspecified atom stereocenters. The van der Waals surface area contributed by atoms with Gasteiger partial charge in [0.25, 0.3) is 0 Å². The molecule has 43 heavy (non-hydrogen) atoms. The highest BCUT2D eigenvalue weighted by molar-refractivity contribution is 5.75. The summed E-state index contributed by atoms with van der Waals surface area (Å²) in [5.41, 5.74) is 2.53. The molecule has 0 N–H and O–H groups in total. The summed E-state index contributed by atoms with van der Waals surface area (Å²) in [6.45, 7) is 5.60. The molecule has 6 aliphatic rings. The Morgan fingerprint density at radius 1 is 0.674 bits per heavy atom. The summed E-state index contributed by atoms with van der Waals surface area (Å²) in [5.74, 6) is 3.45. The van der Waals surface area contributed by atoms with Gasteiger partial charge in [-0.1, -0.05) is 62.4 Å². The van der Waals surface area contributed by atoms with Crippen LogP contribution in [0, 0.1) is 40.9 Å². The molecular weight excluding hydrogens is 540 g/mol. The van der Waals surface area contributed by atoms with Crippen LogP contribution in [-0.2, 0) is 24.5 Å². The molecule has 6 heteroatoms. The topological polar surface area (TPSA) is 71.1 Å². The van der Waals surface area contributed by atoms with E-state index in [-0.39, 0.29) is 42.4 Å². The summed E-state index contributed by atoms with van der Waals surface area (Å²) < 4.78 is 22.8. The van der Waals surface area contributed by atoms with Gasteiger partial charge in [-0.15, -0.1) is 0 Å². The number of esters is 2. The molecule has 6 nitrogen and oxygen atoms in total. The first-order valence-electron chi connectivity index (χ1n) is 16.0. The van der Waals surface area contributed by atoms with Crippen LogP contribution in [-0.4, -0.2) is 38.4 Å². The molecule has 8 rings (SSSR count). The number of benzene rings is 2. The van der Waals surface area contributed by atoms with Gasteiger partial charge in [-0.05, 0) is 96.6 Å². The highest BCUT2D eigenvalue weighted by Crippen LogP contribution is 2.68. The molecule has 3 fully saturated rings. The van der Waals surface area contributed by atoms with Gasteiger partial charge in [-0.25, -0.2) is 0 Å². The molecule has 0 saturated heterocycles. The Bertz CT molecular complexity index is 1400. The van der Waals surface area contributed by atoms with Crippen molar-refractivity contribution >= 4 is 11.9 Å². The molecule has 1 spiro atoms. The predicted molar refractivity (Wildman–Crippen MR) is 163 cm³/mol. The standard InChI is InChI=1S/C37H42O6/c1-36(2,27-6-10-29(11-7-27)40-15-17-42-34(38)31-20-24-3-5-26(31)19-24)28-8-12-30(13-9-28)41-16-18-43-35(39)32-23-37-21-25(22-37)4-14-33(32)37/h3-14,24-26,31-33H,15-23H2,1-2H3/t24?,25?,26-,31?,32?,33?,37?/m1/s1. The van der Waals surface area contributed by atoms with Crippen LogP contribution in [0.1, 0.15) is 57.1 Å². The monoisotopic (exact) mass is 582 g/mol. The second kappa shape index (κ2) is 11.2. The van der Waals surface area contributed by atoms with E-state index in [4.69, 9.17) is 18.9 Å². The average molecular weight is 583 g/mol. The van der Waals surface area contributed by atoms with Gasteiger partial charge in [0.15, 0.2) is 0 Å². The Labute approximate surface area is 254 Å². The van der Waals surface area contributed by atoms with Crippen LogP contribution in [0.3, 0.4) is 0 Å². The maximum atomic E-state index is 12.6. The van der Waals surface area contributed by atoms with Crippen molar-refractivity contribution in [3.8, 4) is 11.5 Å². The van der Waals surface area contributed by atoms with Gasteiger partial charge >= 0.3 is 11.9 Å². The highest BCUT2D eigenvalue weighted by Gasteiger charge is 2.63. The van der Waals surface area contributed by atoms with Crippen molar-refractivity contribution in [1.29, 1.82) is 0 Å². The number of carbonyl (C=O) groups is 2. The summed E-state index contributed by atoms with van der Waals surface area (Å²) >= 11 is 0. The lowest BCUT2D eigenvalue weighted by atomic mass is 9.40. The molecule has 0 aromatic heterocycles. The lowest BCUT2D eigenvalue weighted by Gasteiger charge is -2.64. The Morgan fingerprint density at radius 2 is 1.23 bits per heavy atom. The number of hydrogen-bond acceptors (Lipinski definition) is 6. The van der Waals surface area contributed by atoms with Crippen molar-refractivity contribution in [2.45, 2.75) is 51.4 Å². The Kier molecular flexibility index (Phi) is 7.35. The quantitative estimate of drug-likeness (QED) is 0.158. The van der Waals surface area contributed by atoms with Crippen molar-refractivity contribution in [3.63, 3.8) is 0 Å². The van der Waals surface area contributed by atoms with Crippen LogP contribution in [0.15, 0.2) is 72.8 Å². The van der Waals surface area contributed by atoms with Gasteiger partial charge in [0.05, 0.1) is 11.8 Å². The van der Waals surface area contributed by atoms with E-state index in [0.717, 1.165) is 36.7 Å². The molecule has 2 aromatic carbocycles. The van der Waals surface area contributed by atoms with Gasteiger partial charge < -0.3 is 18.9 Å². The predicted octanol–water partition coefficient (Wildman–Crippen LogP) is 6.67. The fraction of sp³-hybridized carbons (Fsp3) is 0.514. The molecule has 3 saturated carbocycles. The molecule has 226 valence electrons. The first-order valence-corrected chi connectivity index (χ1v) is 16.0. The molecule has 2 aromatic rings. The van der Waals surface area contributed by atoms with Crippen molar-refractivity contribution < 1.29 is 28.5 Å². The maximum absolute atomic E-state index is 12.6. The van der Waals surface area contributed by atoms with Crippen LogP contribution < -0.4 is 9.47 Å². The number of rotatable bonds is 12. The summed E-state index contributed by atoms with van der Waals surface area (Å²) in [6, 6.07) is 16.2. The third-order valence-electron chi connectivity index (χ3n) is 10.9. The van der Waals surface area contributed by atoms with Gasteiger partial charge in [-0.2, -0.15) is 0 Å². The molecule has 5 atom stereocenters. The first kappa shape index (κ1) is 28.2. The minimum absolute atomic E-state index is 0.0195. The van der Waals surface area contributed by atoms with Crippen molar-refractivity contribution in [2.24, 2.45) is 40.9 Å². The third-order valence-corrected chi connectivity index (χ3v) is 10.9. The molecular formula is C37H42O6. The van der Waals surface area contributed by atoms with Crippen molar-refractivity contribution in [1.82, 2.24) is 0 Å². The number of ether oxygens (including phenoxy) is 4. The van der Waals surface area contributed by atoms with Crippen LogP contribution in [0.5, 0.6) is 11.5 Å². The zero-order valence-electron chi connectivity index (χ0n) is 25.2. The van der Waals surface area contributed by atoms with Gasteiger partial charge in [0, 0.05) is 5.41 Å². The van der Waals surface area contributed by atoms with E-state index in [1.807, 2.05) is 24.3 Å². The third kappa shape index (κ3) is 5.38. The molecule has 0 radical (unpaired) electrons. The highest BCUT2D eigenvalue weighted by atomic mass is 16.6. The normalized spacial score (nSPS) is 31.0. The lowest BCUT2D eigenvalue weighted by Crippen LogP contribution is -2.59. The Hall–Kier alpha value is -3.54. The minimum atomic E-state index is -0.217. The zero-order chi connectivity index (χ0) is 29.6. The van der Waals surface area contributed by atoms with E-state index in [1.54, 1.807) is 0 Å². The summed E-state index contributed by atoms with van der Waals surface area (Å²) in [7, 11) is 0. The molecule has 4 bridgehead atoms. The lowest BCUT2D eigenvalue weighted by molar-refractivity contribution is -0.176. The second-order valence-electron chi connectivity index (χ2n) is 13.8. The number of allylic oxidation sites excluding steroid dienone is 4. The van der Waals surface area contributed by atoms with E-state index in [2.05, 4.69) is 62.4 Å². The van der Waals surface area contributed by atoms with E-state index >= 15 is 0 Å². The smallest absolute Gasteiger partial charge is 0.309 e. The van der Waals surface area contributed by atoms with E-state index < -0.39 is 0 Å². The number of carbonyl (C=O) groups excluding carboxylic acids is 2. The molecule has 6 aliphatic carbocycles. The Morgan fingerprint density at radius 3 is 1.74 bits per heavy atom. The number of hydrogen-bond donors (Lipinski definition) is 0. The van der Waals surface area contributed by atoms with Crippen molar-refractivity contribution in [3.05, 3.63) is 84.0 Å². The van der Waals surface area contributed by atoms with Gasteiger partial charge in [-0.3, -0.25) is 9.59 Å². The summed E-state index contributed by atoms with van der Waals surface area (Å²) in [4.78, 5) is 25.0. The minimum Gasteiger partial charge on any atom is -0.490 e. The van der Waals surface area contributed by atoms with Crippen LogP contribution in [0.25, 0.3) is 0 Å². The van der Waals surface area contributed by atoms with Gasteiger partial charge in [0.1, 0.15) is 37.9 Å². The summed E-state index contributed by atoms with van der Waals surface area (Å²) in [6.07, 6.45) is 14.5. The van der Waals surface area contributed by atoms with Gasteiger partial charge in [0.2, 0.25) is 0 Å². The maximum Gasteiger partial charge on any atom is 0.309 e. The fourth-order valence-corrected chi connectivity index (χ4v) is 8.34. The first-order chi connectivity index (χ1) is 20.8. The summed E-state index contributed by atoms with van der Waals surface area (Å²) in [5, 5.41) is 0. The second-order valence-corrected chi connectivity index (χ2v) is 13.8. The van der Waals surface area contributed by atoms with E-state index in [1.165, 1.54) is 24.0 Å². The Balaban J connectivity index is 0.830. The van der Waals surface area contributed by atoms with Crippen molar-refractivity contribution in [2.75, 3.05) is 26.4 Å².